The van der Waals surface area contributed by atoms with Crippen molar-refractivity contribution in [3.05, 3.63) is 23.4 Å². The van der Waals surface area contributed by atoms with Crippen LogP contribution in [0.5, 0.6) is 0 Å². The summed E-state index contributed by atoms with van der Waals surface area (Å²) in [5, 5.41) is 10.4. The molecule has 3 aliphatic rings. The molecule has 6 heteroatoms. The number of nitrogens with zero attached hydrogens (tertiary/aromatic N) is 3. The second-order valence-electron chi connectivity index (χ2n) is 7.85. The third-order valence-electron chi connectivity index (χ3n) is 6.27. The molecule has 136 valence electrons. The summed E-state index contributed by atoms with van der Waals surface area (Å²) in [6.07, 6.45) is 7.95. The average molecular weight is 364 g/mol. The van der Waals surface area contributed by atoms with Gasteiger partial charge in [0.1, 0.15) is 5.82 Å². The van der Waals surface area contributed by atoms with Crippen molar-refractivity contribution in [3.8, 4) is 0 Å². The summed E-state index contributed by atoms with van der Waals surface area (Å²) in [7, 11) is 0. The number of likely N-dealkylation sites (tertiary alicyclic amines) is 1. The zero-order chi connectivity index (χ0) is 17.4. The predicted octanol–water partition coefficient (Wildman–Crippen LogP) is 2.86. The van der Waals surface area contributed by atoms with Gasteiger partial charge in [-0.2, -0.15) is 0 Å². The van der Waals surface area contributed by atoms with Crippen LogP contribution in [0.4, 0.5) is 5.82 Å². The largest absolute Gasteiger partial charge is 0.393 e. The number of halogens is 1. The van der Waals surface area contributed by atoms with Crippen molar-refractivity contribution in [1.82, 2.24) is 9.88 Å². The summed E-state index contributed by atoms with van der Waals surface area (Å²) in [6, 6.07) is 4.13. The molecule has 1 amide bonds. The monoisotopic (exact) mass is 363 g/mol. The number of pyridine rings is 1. The molecule has 1 spiro atoms. The lowest BCUT2D eigenvalue weighted by atomic mass is 9.78. The Labute approximate surface area is 154 Å². The molecule has 1 unspecified atom stereocenters. The predicted molar refractivity (Wildman–Crippen MR) is 97.7 cm³/mol. The molecular formula is C19H26ClN3O2. The Morgan fingerprint density at radius 3 is 2.68 bits per heavy atom. The van der Waals surface area contributed by atoms with E-state index in [0.29, 0.717) is 17.0 Å². The van der Waals surface area contributed by atoms with Crippen molar-refractivity contribution in [1.29, 1.82) is 0 Å². The number of carbonyl (C=O) groups excluding carboxylic acids is 1. The van der Waals surface area contributed by atoms with E-state index in [1.165, 1.54) is 0 Å². The van der Waals surface area contributed by atoms with E-state index in [1.54, 1.807) is 6.20 Å². The summed E-state index contributed by atoms with van der Waals surface area (Å²) >= 11 is 5.95. The summed E-state index contributed by atoms with van der Waals surface area (Å²) in [5.74, 6) is 1.24. The van der Waals surface area contributed by atoms with Crippen LogP contribution in [0, 0.1) is 5.41 Å². The van der Waals surface area contributed by atoms with Crippen LogP contribution in [0.25, 0.3) is 0 Å². The second kappa shape index (κ2) is 6.76. The third-order valence-corrected chi connectivity index (χ3v) is 6.49. The maximum Gasteiger partial charge on any atom is 0.230 e. The summed E-state index contributed by atoms with van der Waals surface area (Å²) in [5.41, 5.74) is -0.254. The van der Waals surface area contributed by atoms with E-state index in [-0.39, 0.29) is 11.5 Å². The molecule has 0 aromatic carbocycles. The van der Waals surface area contributed by atoms with Crippen LogP contribution < -0.4 is 4.90 Å². The van der Waals surface area contributed by atoms with Gasteiger partial charge in [-0.3, -0.25) is 4.79 Å². The molecule has 2 aliphatic heterocycles. The molecule has 25 heavy (non-hydrogen) atoms. The molecule has 1 N–H and O–H groups in total. The van der Waals surface area contributed by atoms with Crippen molar-refractivity contribution >= 4 is 23.3 Å². The molecule has 5 nitrogen and oxygen atoms in total. The Kier molecular flexibility index (Phi) is 4.63. The van der Waals surface area contributed by atoms with Crippen molar-refractivity contribution < 1.29 is 9.90 Å². The molecular weight excluding hydrogens is 338 g/mol. The SMILES string of the molecule is O=C1N([C@H]2CC[C@H](O)CC2)CCC12CCCN(c1ccc(Cl)cn1)C2. The minimum absolute atomic E-state index is 0.177. The van der Waals surface area contributed by atoms with Crippen LogP contribution in [0.3, 0.4) is 0 Å². The zero-order valence-corrected chi connectivity index (χ0v) is 15.3. The van der Waals surface area contributed by atoms with Gasteiger partial charge in [0.05, 0.1) is 16.5 Å². The normalized spacial score (nSPS) is 33.3. The van der Waals surface area contributed by atoms with Crippen LogP contribution in [-0.4, -0.2) is 52.7 Å². The van der Waals surface area contributed by atoms with Crippen molar-refractivity contribution in [2.45, 2.75) is 57.1 Å². The lowest BCUT2D eigenvalue weighted by molar-refractivity contribution is -0.139. The highest BCUT2D eigenvalue weighted by molar-refractivity contribution is 6.30. The first-order valence-corrected chi connectivity index (χ1v) is 9.81. The quantitative estimate of drug-likeness (QED) is 0.877. The van der Waals surface area contributed by atoms with Gasteiger partial charge < -0.3 is 14.9 Å². The van der Waals surface area contributed by atoms with Crippen LogP contribution >= 0.6 is 11.6 Å². The maximum absolute atomic E-state index is 13.3. The van der Waals surface area contributed by atoms with Gasteiger partial charge in [-0.15, -0.1) is 0 Å². The fraction of sp³-hybridized carbons (Fsp3) is 0.684. The second-order valence-corrected chi connectivity index (χ2v) is 8.29. The van der Waals surface area contributed by atoms with Crippen LogP contribution in [0.2, 0.25) is 5.02 Å². The van der Waals surface area contributed by atoms with Crippen molar-refractivity contribution in [2.75, 3.05) is 24.5 Å². The van der Waals surface area contributed by atoms with Crippen molar-refractivity contribution in [2.24, 2.45) is 5.41 Å². The van der Waals surface area contributed by atoms with Gasteiger partial charge in [0.2, 0.25) is 5.91 Å². The fourth-order valence-electron chi connectivity index (χ4n) is 4.83. The van der Waals surface area contributed by atoms with Gasteiger partial charge in [0.25, 0.3) is 0 Å². The first kappa shape index (κ1) is 17.1. The third kappa shape index (κ3) is 3.24. The summed E-state index contributed by atoms with van der Waals surface area (Å²) < 4.78 is 0. The molecule has 3 fully saturated rings. The van der Waals surface area contributed by atoms with Gasteiger partial charge in [-0.1, -0.05) is 11.6 Å². The Morgan fingerprint density at radius 1 is 1.16 bits per heavy atom. The molecule has 2 saturated heterocycles. The van der Waals surface area contributed by atoms with E-state index in [0.717, 1.165) is 70.4 Å². The van der Waals surface area contributed by atoms with Gasteiger partial charge in [-0.25, -0.2) is 4.98 Å². The molecule has 1 aromatic heterocycles. The van der Waals surface area contributed by atoms with Crippen LogP contribution in [-0.2, 0) is 4.79 Å². The summed E-state index contributed by atoms with van der Waals surface area (Å²) in [6.45, 7) is 2.56. The average Bonchev–Trinajstić information content (AvgIpc) is 2.93. The van der Waals surface area contributed by atoms with Gasteiger partial charge in [0, 0.05) is 31.9 Å². The van der Waals surface area contributed by atoms with E-state index in [1.807, 2.05) is 12.1 Å². The number of hydrogen-bond acceptors (Lipinski definition) is 4. The van der Waals surface area contributed by atoms with Crippen molar-refractivity contribution in [3.63, 3.8) is 0 Å². The number of piperidine rings is 1. The number of aliphatic hydroxyl groups is 1. The molecule has 4 rings (SSSR count). The number of rotatable bonds is 2. The fourth-order valence-corrected chi connectivity index (χ4v) is 4.94. The van der Waals surface area contributed by atoms with Gasteiger partial charge in [-0.05, 0) is 57.1 Å². The highest BCUT2D eigenvalue weighted by Gasteiger charge is 2.50. The highest BCUT2D eigenvalue weighted by Crippen LogP contribution is 2.43. The van der Waals surface area contributed by atoms with E-state index in [9.17, 15) is 9.90 Å². The van der Waals surface area contributed by atoms with E-state index in [2.05, 4.69) is 14.8 Å². The minimum Gasteiger partial charge on any atom is -0.393 e. The molecule has 3 heterocycles. The Hall–Kier alpha value is -1.33. The summed E-state index contributed by atoms with van der Waals surface area (Å²) in [4.78, 5) is 22.1. The van der Waals surface area contributed by atoms with Gasteiger partial charge in [0.15, 0.2) is 0 Å². The molecule has 1 aliphatic carbocycles. The standard InChI is InChI=1S/C19H26ClN3O2/c20-14-2-7-17(21-12-14)22-10-1-8-19(13-22)9-11-23(18(19)25)15-3-5-16(24)6-4-15/h2,7,12,15-16,24H,1,3-6,8-11,13H2/t15-,16-,19?. The number of aromatic nitrogens is 1. The molecule has 0 radical (unpaired) electrons. The van der Waals surface area contributed by atoms with E-state index >= 15 is 0 Å². The number of hydrogen-bond donors (Lipinski definition) is 1. The maximum atomic E-state index is 13.3. The first-order chi connectivity index (χ1) is 12.1. The Balaban J connectivity index is 1.48. The molecule has 1 atom stereocenters. The smallest absolute Gasteiger partial charge is 0.230 e. The molecule has 1 saturated carbocycles. The van der Waals surface area contributed by atoms with E-state index in [4.69, 9.17) is 11.6 Å². The number of amides is 1. The highest BCUT2D eigenvalue weighted by atomic mass is 35.5. The minimum atomic E-state index is -0.254. The zero-order valence-electron chi connectivity index (χ0n) is 14.5. The Bertz CT molecular complexity index is 630. The molecule has 0 bridgehead atoms. The topological polar surface area (TPSA) is 56.7 Å². The number of aliphatic hydroxyl groups excluding tert-OH is 1. The van der Waals surface area contributed by atoms with Crippen LogP contribution in [0.15, 0.2) is 18.3 Å². The molecule has 1 aromatic rings. The van der Waals surface area contributed by atoms with Gasteiger partial charge >= 0.3 is 0 Å². The van der Waals surface area contributed by atoms with E-state index < -0.39 is 0 Å². The lowest BCUT2D eigenvalue weighted by Gasteiger charge is -2.41. The lowest BCUT2D eigenvalue weighted by Crippen LogP contribution is -2.50. The first-order valence-electron chi connectivity index (χ1n) is 9.43. The number of anilines is 1. The van der Waals surface area contributed by atoms with Crippen LogP contribution in [0.1, 0.15) is 44.9 Å². The Morgan fingerprint density at radius 2 is 1.96 bits per heavy atom. The number of carbonyl (C=O) groups is 1.